The third kappa shape index (κ3) is 3.82. The van der Waals surface area contributed by atoms with E-state index in [0.717, 1.165) is 5.56 Å². The molecule has 0 aliphatic rings. The minimum Gasteiger partial charge on any atom is -0.320 e. The molecule has 3 N–H and O–H groups in total. The first-order chi connectivity index (χ1) is 10.1. The molecular weight excluding hydrogens is 286 g/mol. The van der Waals surface area contributed by atoms with Crippen LogP contribution >= 0.6 is 11.6 Å². The van der Waals surface area contributed by atoms with Crippen molar-refractivity contribution in [2.45, 2.75) is 6.92 Å². The van der Waals surface area contributed by atoms with E-state index in [1.54, 1.807) is 30.3 Å². The Bertz CT molecular complexity index is 732. The Labute approximate surface area is 128 Å². The summed E-state index contributed by atoms with van der Waals surface area (Å²) in [6.45, 7) is 2.11. The molecule has 106 valence electrons. The van der Waals surface area contributed by atoms with Crippen molar-refractivity contribution in [2.24, 2.45) is 5.73 Å². The summed E-state index contributed by atoms with van der Waals surface area (Å²) in [7, 11) is 0. The Hall–Kier alpha value is -2.35. The van der Waals surface area contributed by atoms with Crippen LogP contribution in [0.2, 0.25) is 5.02 Å². The number of aromatic nitrogens is 1. The Morgan fingerprint density at radius 2 is 2.10 bits per heavy atom. The second-order valence-electron chi connectivity index (χ2n) is 4.30. The molecule has 2 rings (SSSR count). The van der Waals surface area contributed by atoms with Crippen molar-refractivity contribution >= 4 is 23.3 Å². The SMILES string of the molecule is Cc1cccc(C(=O)Nc2cccc(C#CCN)n2)c1Cl. The molecule has 1 aromatic carbocycles. The van der Waals surface area contributed by atoms with Crippen LogP contribution in [0.4, 0.5) is 5.82 Å². The smallest absolute Gasteiger partial charge is 0.258 e. The summed E-state index contributed by atoms with van der Waals surface area (Å²) in [5, 5.41) is 3.15. The van der Waals surface area contributed by atoms with E-state index < -0.39 is 0 Å². The van der Waals surface area contributed by atoms with E-state index in [9.17, 15) is 4.79 Å². The number of aryl methyl sites for hydroxylation is 1. The van der Waals surface area contributed by atoms with E-state index in [4.69, 9.17) is 17.3 Å². The maximum atomic E-state index is 12.2. The van der Waals surface area contributed by atoms with Gasteiger partial charge in [-0.25, -0.2) is 4.98 Å². The van der Waals surface area contributed by atoms with Gasteiger partial charge in [-0.1, -0.05) is 35.7 Å². The normalized spacial score (nSPS) is 9.67. The van der Waals surface area contributed by atoms with Crippen LogP contribution in [0, 0.1) is 18.8 Å². The number of carbonyl (C=O) groups is 1. The summed E-state index contributed by atoms with van der Waals surface area (Å²) < 4.78 is 0. The monoisotopic (exact) mass is 299 g/mol. The third-order valence-electron chi connectivity index (χ3n) is 2.75. The van der Waals surface area contributed by atoms with Gasteiger partial charge < -0.3 is 11.1 Å². The summed E-state index contributed by atoms with van der Waals surface area (Å²) in [6, 6.07) is 10.5. The number of hydrogen-bond acceptors (Lipinski definition) is 3. The molecule has 0 radical (unpaired) electrons. The molecule has 0 atom stereocenters. The first kappa shape index (κ1) is 15.0. The van der Waals surface area contributed by atoms with E-state index in [1.807, 2.05) is 13.0 Å². The average Bonchev–Trinajstić information content (AvgIpc) is 2.48. The molecule has 1 amide bonds. The lowest BCUT2D eigenvalue weighted by Gasteiger charge is -2.07. The predicted octanol–water partition coefficient (Wildman–Crippen LogP) is 2.61. The van der Waals surface area contributed by atoms with Crippen LogP contribution < -0.4 is 11.1 Å². The van der Waals surface area contributed by atoms with Gasteiger partial charge in [-0.15, -0.1) is 0 Å². The molecule has 0 spiro atoms. The van der Waals surface area contributed by atoms with Gasteiger partial charge in [0.1, 0.15) is 11.5 Å². The number of halogens is 1. The number of nitrogens with one attached hydrogen (secondary N) is 1. The number of pyridine rings is 1. The highest BCUT2D eigenvalue weighted by atomic mass is 35.5. The van der Waals surface area contributed by atoms with E-state index in [0.29, 0.717) is 22.1 Å². The molecule has 5 heteroatoms. The molecular formula is C16H14ClN3O. The fourth-order valence-corrected chi connectivity index (χ4v) is 1.93. The van der Waals surface area contributed by atoms with E-state index >= 15 is 0 Å². The number of nitrogens with two attached hydrogens (primary N) is 1. The first-order valence-electron chi connectivity index (χ1n) is 6.34. The molecule has 1 heterocycles. The van der Waals surface area contributed by atoms with Crippen LogP contribution in [0.25, 0.3) is 0 Å². The summed E-state index contributed by atoms with van der Waals surface area (Å²) in [5.74, 6) is 5.64. The standard InChI is InChI=1S/C16H14ClN3O/c1-11-5-2-8-13(15(11)17)16(21)20-14-9-3-6-12(19-14)7-4-10-18/h2-3,5-6,8-9H,10,18H2,1H3,(H,19,20,21). The van der Waals surface area contributed by atoms with Crippen LogP contribution in [0.5, 0.6) is 0 Å². The van der Waals surface area contributed by atoms with Crippen molar-refractivity contribution in [3.8, 4) is 11.8 Å². The number of hydrogen-bond donors (Lipinski definition) is 2. The number of nitrogens with zero attached hydrogens (tertiary/aromatic N) is 1. The van der Waals surface area contributed by atoms with Crippen molar-refractivity contribution in [3.05, 3.63) is 58.2 Å². The minimum absolute atomic E-state index is 0.261. The highest BCUT2D eigenvalue weighted by Crippen LogP contribution is 2.21. The Balaban J connectivity index is 2.22. The molecule has 0 unspecified atom stereocenters. The highest BCUT2D eigenvalue weighted by Gasteiger charge is 2.12. The number of benzene rings is 1. The number of anilines is 1. The van der Waals surface area contributed by atoms with Crippen molar-refractivity contribution < 1.29 is 4.79 Å². The average molecular weight is 300 g/mol. The van der Waals surface area contributed by atoms with E-state index in [2.05, 4.69) is 22.1 Å². The van der Waals surface area contributed by atoms with Gasteiger partial charge in [0.25, 0.3) is 5.91 Å². The van der Waals surface area contributed by atoms with Gasteiger partial charge in [0.2, 0.25) is 0 Å². The fourth-order valence-electron chi connectivity index (χ4n) is 1.72. The van der Waals surface area contributed by atoms with Gasteiger partial charge >= 0.3 is 0 Å². The number of carbonyl (C=O) groups excluding carboxylic acids is 1. The first-order valence-corrected chi connectivity index (χ1v) is 6.72. The van der Waals surface area contributed by atoms with Crippen molar-refractivity contribution in [3.63, 3.8) is 0 Å². The lowest BCUT2D eigenvalue weighted by atomic mass is 10.1. The summed E-state index contributed by atoms with van der Waals surface area (Å²) in [4.78, 5) is 16.4. The maximum Gasteiger partial charge on any atom is 0.258 e. The van der Waals surface area contributed by atoms with E-state index in [-0.39, 0.29) is 12.5 Å². The zero-order chi connectivity index (χ0) is 15.2. The fraction of sp³-hybridized carbons (Fsp3) is 0.125. The largest absolute Gasteiger partial charge is 0.320 e. The van der Waals surface area contributed by atoms with Crippen LogP contribution in [0.15, 0.2) is 36.4 Å². The van der Waals surface area contributed by atoms with Gasteiger partial charge in [0.15, 0.2) is 0 Å². The van der Waals surface area contributed by atoms with Gasteiger partial charge in [-0.05, 0) is 36.6 Å². The van der Waals surface area contributed by atoms with Gasteiger partial charge in [0, 0.05) is 0 Å². The third-order valence-corrected chi connectivity index (χ3v) is 3.25. The molecule has 0 saturated carbocycles. The van der Waals surface area contributed by atoms with Gasteiger partial charge in [0.05, 0.1) is 17.1 Å². The Morgan fingerprint density at radius 1 is 1.33 bits per heavy atom. The quantitative estimate of drug-likeness (QED) is 0.838. The van der Waals surface area contributed by atoms with Crippen LogP contribution in [-0.2, 0) is 0 Å². The number of amides is 1. The van der Waals surface area contributed by atoms with Gasteiger partial charge in [-0.3, -0.25) is 4.79 Å². The Morgan fingerprint density at radius 3 is 2.86 bits per heavy atom. The molecule has 2 aromatic rings. The lowest BCUT2D eigenvalue weighted by molar-refractivity contribution is 0.102. The van der Waals surface area contributed by atoms with Crippen molar-refractivity contribution in [2.75, 3.05) is 11.9 Å². The molecule has 1 aromatic heterocycles. The number of rotatable bonds is 2. The highest BCUT2D eigenvalue weighted by molar-refractivity contribution is 6.35. The predicted molar refractivity (Wildman–Crippen MR) is 84.3 cm³/mol. The molecule has 0 saturated heterocycles. The van der Waals surface area contributed by atoms with Crippen LogP contribution in [0.3, 0.4) is 0 Å². The molecule has 0 aliphatic heterocycles. The molecule has 4 nitrogen and oxygen atoms in total. The second-order valence-corrected chi connectivity index (χ2v) is 4.68. The molecule has 0 bridgehead atoms. The maximum absolute atomic E-state index is 12.2. The van der Waals surface area contributed by atoms with Gasteiger partial charge in [-0.2, -0.15) is 0 Å². The summed E-state index contributed by atoms with van der Waals surface area (Å²) in [6.07, 6.45) is 0. The molecule has 0 aliphatic carbocycles. The zero-order valence-corrected chi connectivity index (χ0v) is 12.2. The molecule has 21 heavy (non-hydrogen) atoms. The summed E-state index contributed by atoms with van der Waals surface area (Å²) >= 11 is 6.14. The Kier molecular flexibility index (Phi) is 4.94. The van der Waals surface area contributed by atoms with Crippen LogP contribution in [-0.4, -0.2) is 17.4 Å². The molecule has 0 fully saturated rings. The lowest BCUT2D eigenvalue weighted by Crippen LogP contribution is -2.14. The van der Waals surface area contributed by atoms with Crippen molar-refractivity contribution in [1.29, 1.82) is 0 Å². The van der Waals surface area contributed by atoms with Crippen molar-refractivity contribution in [1.82, 2.24) is 4.98 Å². The van der Waals surface area contributed by atoms with E-state index in [1.165, 1.54) is 0 Å². The second kappa shape index (κ2) is 6.89. The summed E-state index contributed by atoms with van der Waals surface area (Å²) in [5.41, 5.74) is 7.13. The van der Waals surface area contributed by atoms with Crippen LogP contribution in [0.1, 0.15) is 21.6 Å². The zero-order valence-electron chi connectivity index (χ0n) is 11.5. The minimum atomic E-state index is -0.305. The topological polar surface area (TPSA) is 68.0 Å².